The van der Waals surface area contributed by atoms with Gasteiger partial charge in [-0.15, -0.1) is 6.58 Å². The minimum atomic E-state index is 0.364. The fourth-order valence-electron chi connectivity index (χ4n) is 1.42. The molecule has 14 heavy (non-hydrogen) atoms. The molecule has 1 atom stereocenters. The maximum Gasteiger partial charge on any atom is -0.0177 e. The number of rotatable bonds is 6. The average molecular weight is 194 g/mol. The van der Waals surface area contributed by atoms with Crippen molar-refractivity contribution in [2.75, 3.05) is 0 Å². The van der Waals surface area contributed by atoms with Crippen molar-refractivity contribution in [1.82, 2.24) is 0 Å². The first kappa shape index (κ1) is 13.5. The summed E-state index contributed by atoms with van der Waals surface area (Å²) in [6.07, 6.45) is 8.21. The van der Waals surface area contributed by atoms with Crippen molar-refractivity contribution in [3.05, 3.63) is 24.3 Å². The van der Waals surface area contributed by atoms with Crippen molar-refractivity contribution in [2.45, 2.75) is 53.9 Å². The van der Waals surface area contributed by atoms with Crippen LogP contribution in [-0.2, 0) is 0 Å². The van der Waals surface area contributed by atoms with Crippen LogP contribution in [-0.4, -0.2) is 0 Å². The van der Waals surface area contributed by atoms with E-state index >= 15 is 0 Å². The predicted molar refractivity (Wildman–Crippen MR) is 66.4 cm³/mol. The third kappa shape index (κ3) is 6.94. The van der Waals surface area contributed by atoms with Crippen LogP contribution in [0.5, 0.6) is 0 Å². The Hall–Kier alpha value is -0.520. The van der Waals surface area contributed by atoms with Crippen molar-refractivity contribution in [1.29, 1.82) is 0 Å². The molecule has 0 aromatic heterocycles. The van der Waals surface area contributed by atoms with E-state index in [9.17, 15) is 0 Å². The summed E-state index contributed by atoms with van der Waals surface area (Å²) in [7, 11) is 0. The Morgan fingerprint density at radius 2 is 2.00 bits per heavy atom. The summed E-state index contributed by atoms with van der Waals surface area (Å²) < 4.78 is 0. The van der Waals surface area contributed by atoms with Crippen molar-refractivity contribution in [3.63, 3.8) is 0 Å². The van der Waals surface area contributed by atoms with Crippen LogP contribution in [0.2, 0.25) is 0 Å². The zero-order valence-electron chi connectivity index (χ0n) is 10.6. The van der Waals surface area contributed by atoms with Gasteiger partial charge in [0.25, 0.3) is 0 Å². The van der Waals surface area contributed by atoms with Crippen molar-refractivity contribution in [3.8, 4) is 0 Å². The smallest absolute Gasteiger partial charge is 0.0177 e. The third-order valence-electron chi connectivity index (χ3n) is 2.72. The summed E-state index contributed by atoms with van der Waals surface area (Å²) in [5.41, 5.74) is 1.66. The lowest BCUT2D eigenvalue weighted by atomic mass is 9.88. The molecule has 0 rings (SSSR count). The van der Waals surface area contributed by atoms with Gasteiger partial charge in [0.05, 0.1) is 0 Å². The fraction of sp³-hybridized carbons (Fsp3) is 0.714. The molecule has 0 spiro atoms. The second kappa shape index (κ2) is 6.06. The number of allylic oxidation sites excluding steroid dienone is 3. The Morgan fingerprint density at radius 1 is 1.43 bits per heavy atom. The van der Waals surface area contributed by atoms with Gasteiger partial charge in [-0.05, 0) is 37.5 Å². The minimum absolute atomic E-state index is 0.364. The lowest BCUT2D eigenvalue weighted by Crippen LogP contribution is -2.04. The van der Waals surface area contributed by atoms with Crippen LogP contribution in [0.15, 0.2) is 24.3 Å². The zero-order valence-corrected chi connectivity index (χ0v) is 10.6. The van der Waals surface area contributed by atoms with E-state index in [1.165, 1.54) is 18.4 Å². The first-order valence-corrected chi connectivity index (χ1v) is 5.69. The Kier molecular flexibility index (Phi) is 5.83. The zero-order chi connectivity index (χ0) is 11.2. The van der Waals surface area contributed by atoms with Crippen LogP contribution >= 0.6 is 0 Å². The molecule has 0 amide bonds. The molecule has 0 aliphatic heterocycles. The van der Waals surface area contributed by atoms with E-state index in [4.69, 9.17) is 0 Å². The highest BCUT2D eigenvalue weighted by atomic mass is 14.1. The summed E-state index contributed by atoms with van der Waals surface area (Å²) >= 11 is 0. The van der Waals surface area contributed by atoms with Gasteiger partial charge in [-0.3, -0.25) is 0 Å². The Morgan fingerprint density at radius 3 is 2.43 bits per heavy atom. The van der Waals surface area contributed by atoms with Gasteiger partial charge in [0, 0.05) is 0 Å². The summed E-state index contributed by atoms with van der Waals surface area (Å²) in [6.45, 7) is 15.1. The van der Waals surface area contributed by atoms with E-state index in [0.717, 1.165) is 12.3 Å². The van der Waals surface area contributed by atoms with E-state index in [1.807, 2.05) is 0 Å². The molecule has 0 aromatic carbocycles. The van der Waals surface area contributed by atoms with Crippen LogP contribution in [0.4, 0.5) is 0 Å². The van der Waals surface area contributed by atoms with Crippen molar-refractivity contribution >= 4 is 0 Å². The van der Waals surface area contributed by atoms with E-state index < -0.39 is 0 Å². The lowest BCUT2D eigenvalue weighted by molar-refractivity contribution is 0.458. The topological polar surface area (TPSA) is 0 Å². The number of hydrogen-bond acceptors (Lipinski definition) is 0. The van der Waals surface area contributed by atoms with Crippen molar-refractivity contribution < 1.29 is 0 Å². The summed E-state index contributed by atoms with van der Waals surface area (Å²) in [5.74, 6) is 0.733. The molecule has 0 nitrogen and oxygen atoms in total. The highest BCUT2D eigenvalue weighted by Gasteiger charge is 2.09. The van der Waals surface area contributed by atoms with Gasteiger partial charge in [0.15, 0.2) is 0 Å². The van der Waals surface area contributed by atoms with Gasteiger partial charge in [-0.2, -0.15) is 0 Å². The molecule has 0 fully saturated rings. The third-order valence-corrected chi connectivity index (χ3v) is 2.72. The maximum absolute atomic E-state index is 3.94. The van der Waals surface area contributed by atoms with E-state index in [-0.39, 0.29) is 0 Å². The fourth-order valence-corrected chi connectivity index (χ4v) is 1.42. The second-order valence-corrected chi connectivity index (χ2v) is 5.25. The van der Waals surface area contributed by atoms with Crippen LogP contribution < -0.4 is 0 Å². The van der Waals surface area contributed by atoms with E-state index in [1.54, 1.807) is 0 Å². The molecule has 1 unspecified atom stereocenters. The SMILES string of the molecule is C=C(C)CC(C)CC=CC(C)(C)CC. The van der Waals surface area contributed by atoms with Gasteiger partial charge in [-0.25, -0.2) is 0 Å². The standard InChI is InChI=1S/C14H26/c1-7-14(5,6)10-8-9-13(4)11-12(2)3/h8,10,13H,2,7,9,11H2,1,3-6H3. The molecule has 0 saturated heterocycles. The first-order valence-electron chi connectivity index (χ1n) is 5.69. The molecular formula is C14H26. The van der Waals surface area contributed by atoms with Crippen LogP contribution in [0, 0.1) is 11.3 Å². The molecule has 0 heterocycles. The predicted octanol–water partition coefficient (Wildman–Crippen LogP) is 4.97. The molecule has 0 saturated carbocycles. The number of hydrogen-bond donors (Lipinski definition) is 0. The first-order chi connectivity index (χ1) is 6.37. The van der Waals surface area contributed by atoms with E-state index in [0.29, 0.717) is 5.41 Å². The highest BCUT2D eigenvalue weighted by Crippen LogP contribution is 2.22. The lowest BCUT2D eigenvalue weighted by Gasteiger charge is -2.17. The van der Waals surface area contributed by atoms with Gasteiger partial charge in [0.1, 0.15) is 0 Å². The molecular weight excluding hydrogens is 168 g/mol. The molecule has 0 N–H and O–H groups in total. The maximum atomic E-state index is 3.94. The summed E-state index contributed by atoms with van der Waals surface area (Å²) in [6, 6.07) is 0. The van der Waals surface area contributed by atoms with Gasteiger partial charge >= 0.3 is 0 Å². The van der Waals surface area contributed by atoms with E-state index in [2.05, 4.69) is 53.3 Å². The van der Waals surface area contributed by atoms with Gasteiger partial charge in [-0.1, -0.05) is 45.4 Å². The van der Waals surface area contributed by atoms with Gasteiger partial charge < -0.3 is 0 Å². The Labute approximate surface area is 90.1 Å². The summed E-state index contributed by atoms with van der Waals surface area (Å²) in [4.78, 5) is 0. The minimum Gasteiger partial charge on any atom is -0.100 e. The molecule has 82 valence electrons. The average Bonchev–Trinajstić information content (AvgIpc) is 2.02. The molecule has 0 radical (unpaired) electrons. The molecule has 0 aliphatic carbocycles. The normalized spacial score (nSPS) is 14.6. The molecule has 0 heteroatoms. The molecule has 0 aromatic rings. The van der Waals surface area contributed by atoms with Gasteiger partial charge in [0.2, 0.25) is 0 Å². The summed E-state index contributed by atoms with van der Waals surface area (Å²) in [5, 5.41) is 0. The Bertz CT molecular complexity index is 196. The molecule has 0 bridgehead atoms. The van der Waals surface area contributed by atoms with Crippen LogP contribution in [0.25, 0.3) is 0 Å². The monoisotopic (exact) mass is 194 g/mol. The largest absolute Gasteiger partial charge is 0.100 e. The molecule has 0 aliphatic rings. The highest BCUT2D eigenvalue weighted by molar-refractivity contribution is 4.96. The van der Waals surface area contributed by atoms with Crippen LogP contribution in [0.1, 0.15) is 53.9 Å². The Balaban J connectivity index is 3.87. The van der Waals surface area contributed by atoms with Crippen molar-refractivity contribution in [2.24, 2.45) is 11.3 Å². The second-order valence-electron chi connectivity index (χ2n) is 5.25. The van der Waals surface area contributed by atoms with Crippen LogP contribution in [0.3, 0.4) is 0 Å². The quantitative estimate of drug-likeness (QED) is 0.524.